The third-order valence-electron chi connectivity index (χ3n) is 2.87. The van der Waals surface area contributed by atoms with E-state index in [1.807, 2.05) is 6.92 Å². The topological polar surface area (TPSA) is 83.8 Å². The van der Waals surface area contributed by atoms with Gasteiger partial charge in [-0.05, 0) is 53.2 Å². The molecule has 0 aliphatic heterocycles. The summed E-state index contributed by atoms with van der Waals surface area (Å²) < 4.78 is 35.7. The Morgan fingerprint density at radius 2 is 1.81 bits per heavy atom. The summed E-state index contributed by atoms with van der Waals surface area (Å²) in [5.74, 6) is 6.27. The van der Waals surface area contributed by atoms with Gasteiger partial charge in [-0.1, -0.05) is 41.1 Å². The van der Waals surface area contributed by atoms with Gasteiger partial charge in [0.15, 0.2) is 0 Å². The molecule has 0 unspecified atom stereocenters. The second-order valence-electron chi connectivity index (χ2n) is 4.98. The van der Waals surface area contributed by atoms with Gasteiger partial charge in [0.2, 0.25) is 0 Å². The van der Waals surface area contributed by atoms with E-state index in [0.29, 0.717) is 23.8 Å². The molecule has 0 fully saturated rings. The zero-order chi connectivity index (χ0) is 19.6. The Balaban J connectivity index is 0.000000273. The second kappa shape index (κ2) is 11.2. The monoisotopic (exact) mass is 460 g/mol. The molecule has 0 radical (unpaired) electrons. The lowest BCUT2D eigenvalue weighted by Crippen LogP contribution is -1.96. The molecule has 0 aromatic heterocycles. The van der Waals surface area contributed by atoms with Crippen molar-refractivity contribution in [3.8, 4) is 17.6 Å². The first-order valence-electron chi connectivity index (χ1n) is 7.42. The van der Waals surface area contributed by atoms with Crippen molar-refractivity contribution in [3.63, 3.8) is 0 Å². The van der Waals surface area contributed by atoms with Crippen LogP contribution in [-0.4, -0.2) is 31.3 Å². The van der Waals surface area contributed by atoms with E-state index in [1.165, 1.54) is 12.1 Å². The smallest absolute Gasteiger partial charge is 0.294 e. The number of benzene rings is 2. The van der Waals surface area contributed by atoms with Crippen molar-refractivity contribution in [1.82, 2.24) is 0 Å². The maximum Gasteiger partial charge on any atom is 0.294 e. The number of hydrogen-bond donors (Lipinski definition) is 2. The molecule has 0 aliphatic rings. The van der Waals surface area contributed by atoms with E-state index in [4.69, 9.17) is 26.0 Å². The third-order valence-corrected chi connectivity index (χ3v) is 4.60. The highest BCUT2D eigenvalue weighted by atomic mass is 79.9. The van der Waals surface area contributed by atoms with Gasteiger partial charge in [0.1, 0.15) is 12.4 Å². The number of halogens is 2. The van der Waals surface area contributed by atoms with E-state index >= 15 is 0 Å². The maximum absolute atomic E-state index is 10.5. The first kappa shape index (κ1) is 22.5. The summed E-state index contributed by atoms with van der Waals surface area (Å²) in [4.78, 5) is -0.0666. The van der Waals surface area contributed by atoms with Crippen molar-refractivity contribution in [2.45, 2.75) is 18.2 Å². The molecule has 140 valence electrons. The van der Waals surface area contributed by atoms with Crippen LogP contribution in [-0.2, 0) is 10.1 Å². The van der Waals surface area contributed by atoms with E-state index < -0.39 is 10.1 Å². The Hall–Kier alpha value is -1.56. The van der Waals surface area contributed by atoms with Crippen molar-refractivity contribution in [1.29, 1.82) is 0 Å². The van der Waals surface area contributed by atoms with E-state index in [1.54, 1.807) is 30.3 Å². The van der Waals surface area contributed by atoms with Crippen LogP contribution in [0.15, 0.2) is 51.8 Å². The van der Waals surface area contributed by atoms with Gasteiger partial charge in [-0.2, -0.15) is 8.42 Å². The number of aliphatic hydroxyl groups is 1. The lowest BCUT2D eigenvalue weighted by Gasteiger charge is -2.04. The van der Waals surface area contributed by atoms with Crippen LogP contribution in [0.25, 0.3) is 0 Å². The lowest BCUT2D eigenvalue weighted by molar-refractivity contribution is 0.305. The zero-order valence-electron chi connectivity index (χ0n) is 13.9. The van der Waals surface area contributed by atoms with Crippen LogP contribution < -0.4 is 4.74 Å². The number of aliphatic hydroxyl groups excluding tert-OH is 1. The first-order chi connectivity index (χ1) is 12.2. The Labute approximate surface area is 166 Å². The second-order valence-corrected chi connectivity index (χ2v) is 7.69. The van der Waals surface area contributed by atoms with Gasteiger partial charge >= 0.3 is 0 Å². The van der Waals surface area contributed by atoms with E-state index in [0.717, 1.165) is 10.0 Å². The van der Waals surface area contributed by atoms with Crippen molar-refractivity contribution in [3.05, 3.63) is 57.5 Å². The molecule has 0 saturated carbocycles. The third kappa shape index (κ3) is 8.70. The Morgan fingerprint density at radius 3 is 2.35 bits per heavy atom. The molecule has 0 bridgehead atoms. The molecule has 2 aromatic rings. The summed E-state index contributed by atoms with van der Waals surface area (Å²) in [6.45, 7) is 2.23. The minimum atomic E-state index is -4.02. The molecular formula is C18H18BrClO5S. The molecular weight excluding hydrogens is 444 g/mol. The molecule has 26 heavy (non-hydrogen) atoms. The fourth-order valence-corrected chi connectivity index (χ4v) is 2.89. The van der Waals surface area contributed by atoms with Crippen LogP contribution in [0.5, 0.6) is 5.75 Å². The molecule has 0 aliphatic carbocycles. The Morgan fingerprint density at radius 1 is 1.15 bits per heavy atom. The predicted octanol–water partition coefficient (Wildman–Crippen LogP) is 4.11. The highest BCUT2D eigenvalue weighted by molar-refractivity contribution is 9.10. The first-order valence-corrected chi connectivity index (χ1v) is 10.0. The van der Waals surface area contributed by atoms with Gasteiger partial charge in [0.25, 0.3) is 10.1 Å². The standard InChI is InChI=1S/C11H10BrClO2.C7H8O3S/c12-10-8-9(13)4-5-11(10)15-7-3-1-2-6-14;1-6-2-4-7(5-3-6)11(8,9)10/h4-5,8,14H,2,6-7H2;2-5H,1H3,(H,8,9,10). The highest BCUT2D eigenvalue weighted by Crippen LogP contribution is 2.27. The van der Waals surface area contributed by atoms with Crippen molar-refractivity contribution < 1.29 is 22.8 Å². The van der Waals surface area contributed by atoms with E-state index in [-0.39, 0.29) is 11.5 Å². The minimum Gasteiger partial charge on any atom is -0.480 e. The Kier molecular flexibility index (Phi) is 9.70. The number of rotatable bonds is 4. The minimum absolute atomic E-state index is 0.0666. The van der Waals surface area contributed by atoms with Gasteiger partial charge in [-0.3, -0.25) is 4.55 Å². The molecule has 0 amide bonds. The molecule has 5 nitrogen and oxygen atoms in total. The highest BCUT2D eigenvalue weighted by Gasteiger charge is 2.06. The van der Waals surface area contributed by atoms with Crippen LogP contribution in [0.1, 0.15) is 12.0 Å². The average Bonchev–Trinajstić information content (AvgIpc) is 2.56. The quantitative estimate of drug-likeness (QED) is 0.529. The molecule has 8 heteroatoms. The maximum atomic E-state index is 10.5. The molecule has 0 spiro atoms. The predicted molar refractivity (Wildman–Crippen MR) is 105 cm³/mol. The fraction of sp³-hybridized carbons (Fsp3) is 0.222. The molecule has 0 atom stereocenters. The number of ether oxygens (including phenoxy) is 1. The Bertz CT molecular complexity index is 871. The van der Waals surface area contributed by atoms with Crippen LogP contribution in [0.2, 0.25) is 5.02 Å². The zero-order valence-corrected chi connectivity index (χ0v) is 17.1. The average molecular weight is 462 g/mol. The molecule has 2 rings (SSSR count). The van der Waals surface area contributed by atoms with Crippen LogP contribution in [0.3, 0.4) is 0 Å². The normalized spacial score (nSPS) is 10.2. The number of aryl methyl sites for hydroxylation is 1. The molecule has 2 aromatic carbocycles. The summed E-state index contributed by atoms with van der Waals surface area (Å²) >= 11 is 9.11. The van der Waals surface area contributed by atoms with Crippen molar-refractivity contribution >= 4 is 37.6 Å². The summed E-state index contributed by atoms with van der Waals surface area (Å²) in [6.07, 6.45) is 0.477. The molecule has 0 saturated heterocycles. The summed E-state index contributed by atoms with van der Waals surface area (Å²) in [5.41, 5.74) is 0.956. The van der Waals surface area contributed by atoms with E-state index in [2.05, 4.69) is 27.8 Å². The SMILES string of the molecule is Cc1ccc(S(=O)(=O)O)cc1.OCCC#CCOc1ccc(Cl)cc1Br. The van der Waals surface area contributed by atoms with Gasteiger partial charge in [-0.15, -0.1) is 0 Å². The summed E-state index contributed by atoms with van der Waals surface area (Å²) in [5, 5.41) is 9.15. The van der Waals surface area contributed by atoms with Gasteiger partial charge < -0.3 is 9.84 Å². The molecule has 0 heterocycles. The van der Waals surface area contributed by atoms with Gasteiger partial charge in [0.05, 0.1) is 16.0 Å². The number of hydrogen-bond acceptors (Lipinski definition) is 4. The largest absolute Gasteiger partial charge is 0.480 e. The van der Waals surface area contributed by atoms with Crippen molar-refractivity contribution in [2.75, 3.05) is 13.2 Å². The van der Waals surface area contributed by atoms with Crippen LogP contribution in [0.4, 0.5) is 0 Å². The van der Waals surface area contributed by atoms with Crippen molar-refractivity contribution in [2.24, 2.45) is 0 Å². The fourth-order valence-electron chi connectivity index (χ4n) is 1.61. The van der Waals surface area contributed by atoms with Gasteiger partial charge in [0, 0.05) is 11.4 Å². The van der Waals surface area contributed by atoms with Gasteiger partial charge in [-0.25, -0.2) is 0 Å². The van der Waals surface area contributed by atoms with Crippen LogP contribution in [0, 0.1) is 18.8 Å². The molecule has 2 N–H and O–H groups in total. The lowest BCUT2D eigenvalue weighted by atomic mass is 10.2. The summed E-state index contributed by atoms with van der Waals surface area (Å²) in [6, 6.07) is 11.3. The summed E-state index contributed by atoms with van der Waals surface area (Å²) in [7, 11) is -4.02. The van der Waals surface area contributed by atoms with E-state index in [9.17, 15) is 8.42 Å². The van der Waals surface area contributed by atoms with Crippen LogP contribution >= 0.6 is 27.5 Å².